The molecule has 0 saturated heterocycles. The average Bonchev–Trinajstić information content (AvgIpc) is 2.86. The van der Waals surface area contributed by atoms with Crippen molar-refractivity contribution in [3.05, 3.63) is 46.9 Å². The van der Waals surface area contributed by atoms with E-state index in [0.29, 0.717) is 0 Å². The first-order valence-corrected chi connectivity index (χ1v) is 6.19. The van der Waals surface area contributed by atoms with E-state index in [0.717, 1.165) is 35.5 Å². The van der Waals surface area contributed by atoms with Gasteiger partial charge in [0.1, 0.15) is 11.6 Å². The fourth-order valence-electron chi connectivity index (χ4n) is 2.57. The molecule has 1 aliphatic rings. The Morgan fingerprint density at radius 1 is 1.44 bits per heavy atom. The molecule has 2 aromatic rings. The topological polar surface area (TPSA) is 29.9 Å². The maximum atomic E-state index is 13.6. The largest absolute Gasteiger partial charge is 0.362 e. The summed E-state index contributed by atoms with van der Waals surface area (Å²) in [4.78, 5) is 0. The lowest BCUT2D eigenvalue weighted by Gasteiger charge is -2.13. The van der Waals surface area contributed by atoms with Crippen molar-refractivity contribution in [2.45, 2.75) is 25.8 Å². The summed E-state index contributed by atoms with van der Waals surface area (Å²) in [7, 11) is 1.92. The summed E-state index contributed by atoms with van der Waals surface area (Å²) in [5.41, 5.74) is 3.02. The van der Waals surface area contributed by atoms with Crippen LogP contribution >= 0.6 is 0 Å². The molecule has 1 aromatic carbocycles. The van der Waals surface area contributed by atoms with Gasteiger partial charge in [-0.2, -0.15) is 5.10 Å². The smallest absolute Gasteiger partial charge is 0.148 e. The van der Waals surface area contributed by atoms with Crippen LogP contribution in [0.1, 0.15) is 29.3 Å². The number of anilines is 1. The van der Waals surface area contributed by atoms with E-state index < -0.39 is 0 Å². The summed E-state index contributed by atoms with van der Waals surface area (Å²) in [6.07, 6.45) is 1.72. The maximum absolute atomic E-state index is 13.6. The molecule has 1 unspecified atom stereocenters. The van der Waals surface area contributed by atoms with Crippen LogP contribution < -0.4 is 5.32 Å². The number of aromatic nitrogens is 2. The number of nitrogens with zero attached hydrogens (tertiary/aromatic N) is 2. The number of benzene rings is 1. The molecule has 18 heavy (non-hydrogen) atoms. The van der Waals surface area contributed by atoms with Crippen molar-refractivity contribution >= 4 is 5.82 Å². The molecule has 0 amide bonds. The van der Waals surface area contributed by atoms with Crippen LogP contribution in [-0.4, -0.2) is 9.78 Å². The predicted octanol–water partition coefficient (Wildman–Crippen LogP) is 2.97. The second-order valence-corrected chi connectivity index (χ2v) is 4.84. The van der Waals surface area contributed by atoms with Gasteiger partial charge in [-0.1, -0.05) is 12.1 Å². The molecule has 3 rings (SSSR count). The van der Waals surface area contributed by atoms with Gasteiger partial charge in [0.15, 0.2) is 0 Å². The highest BCUT2D eigenvalue weighted by molar-refractivity contribution is 5.44. The Labute approximate surface area is 106 Å². The number of hydrogen-bond acceptors (Lipinski definition) is 2. The molecule has 1 atom stereocenters. The summed E-state index contributed by atoms with van der Waals surface area (Å²) in [6, 6.07) is 7.49. The van der Waals surface area contributed by atoms with E-state index in [-0.39, 0.29) is 11.9 Å². The Kier molecular flexibility index (Phi) is 2.58. The molecule has 1 heterocycles. The Morgan fingerprint density at radius 3 is 3.00 bits per heavy atom. The summed E-state index contributed by atoms with van der Waals surface area (Å²) >= 11 is 0. The predicted molar refractivity (Wildman–Crippen MR) is 69.0 cm³/mol. The standard InChI is InChI=1S/C14H16FN3/c1-9-8-14(17-18(9)2)16-13-7-6-10-11(13)4-3-5-12(10)15/h3-5,8,13H,6-7H2,1-2H3,(H,16,17). The molecule has 3 nitrogen and oxygen atoms in total. The van der Waals surface area contributed by atoms with Crippen LogP contribution in [0.4, 0.5) is 10.2 Å². The zero-order valence-corrected chi connectivity index (χ0v) is 10.6. The summed E-state index contributed by atoms with van der Waals surface area (Å²) in [6.45, 7) is 2.01. The number of halogens is 1. The van der Waals surface area contributed by atoms with Crippen molar-refractivity contribution in [2.24, 2.45) is 7.05 Å². The van der Waals surface area contributed by atoms with E-state index in [2.05, 4.69) is 10.4 Å². The third-order valence-electron chi connectivity index (χ3n) is 3.65. The van der Waals surface area contributed by atoms with E-state index in [9.17, 15) is 4.39 Å². The van der Waals surface area contributed by atoms with Crippen molar-refractivity contribution in [1.82, 2.24) is 9.78 Å². The minimum atomic E-state index is -0.0889. The molecule has 0 saturated carbocycles. The van der Waals surface area contributed by atoms with Gasteiger partial charge < -0.3 is 5.32 Å². The minimum Gasteiger partial charge on any atom is -0.362 e. The Balaban J connectivity index is 1.87. The zero-order chi connectivity index (χ0) is 12.7. The fraction of sp³-hybridized carbons (Fsp3) is 0.357. The number of nitrogens with one attached hydrogen (secondary N) is 1. The molecule has 4 heteroatoms. The van der Waals surface area contributed by atoms with Crippen LogP contribution in [0.15, 0.2) is 24.3 Å². The lowest BCUT2D eigenvalue weighted by Crippen LogP contribution is -2.08. The summed E-state index contributed by atoms with van der Waals surface area (Å²) in [5, 5.41) is 7.77. The van der Waals surface area contributed by atoms with E-state index >= 15 is 0 Å². The van der Waals surface area contributed by atoms with Gasteiger partial charge in [-0.25, -0.2) is 4.39 Å². The SMILES string of the molecule is Cc1cc(NC2CCc3c(F)cccc32)nn1C. The van der Waals surface area contributed by atoms with Crippen molar-refractivity contribution in [3.63, 3.8) is 0 Å². The van der Waals surface area contributed by atoms with Crippen molar-refractivity contribution < 1.29 is 4.39 Å². The average molecular weight is 245 g/mol. The monoisotopic (exact) mass is 245 g/mol. The first-order chi connectivity index (χ1) is 8.65. The van der Waals surface area contributed by atoms with E-state index in [4.69, 9.17) is 0 Å². The molecule has 0 aliphatic heterocycles. The van der Waals surface area contributed by atoms with Gasteiger partial charge in [-0.05, 0) is 37.0 Å². The van der Waals surface area contributed by atoms with Crippen molar-refractivity contribution in [2.75, 3.05) is 5.32 Å². The third-order valence-corrected chi connectivity index (χ3v) is 3.65. The van der Waals surface area contributed by atoms with Crippen LogP contribution in [0.25, 0.3) is 0 Å². The number of rotatable bonds is 2. The minimum absolute atomic E-state index is 0.0889. The van der Waals surface area contributed by atoms with E-state index in [1.54, 1.807) is 6.07 Å². The summed E-state index contributed by atoms with van der Waals surface area (Å²) in [5.74, 6) is 0.770. The van der Waals surface area contributed by atoms with Crippen LogP contribution in [-0.2, 0) is 13.5 Å². The Hall–Kier alpha value is -1.84. The molecule has 0 radical (unpaired) electrons. The van der Waals surface area contributed by atoms with Gasteiger partial charge in [0, 0.05) is 18.8 Å². The van der Waals surface area contributed by atoms with Crippen LogP contribution in [0.2, 0.25) is 0 Å². The molecule has 1 aliphatic carbocycles. The lowest BCUT2D eigenvalue weighted by atomic mass is 10.1. The van der Waals surface area contributed by atoms with Crippen LogP contribution in [0.5, 0.6) is 0 Å². The second kappa shape index (κ2) is 4.12. The molecular formula is C14H16FN3. The second-order valence-electron chi connectivity index (χ2n) is 4.84. The molecule has 1 aromatic heterocycles. The summed E-state index contributed by atoms with van der Waals surface area (Å²) < 4.78 is 15.5. The third kappa shape index (κ3) is 1.78. The first kappa shape index (κ1) is 11.3. The van der Waals surface area contributed by atoms with Gasteiger partial charge in [0.25, 0.3) is 0 Å². The molecule has 0 bridgehead atoms. The molecule has 94 valence electrons. The van der Waals surface area contributed by atoms with E-state index in [1.165, 1.54) is 6.07 Å². The van der Waals surface area contributed by atoms with Gasteiger partial charge in [-0.3, -0.25) is 4.68 Å². The normalized spacial score (nSPS) is 17.8. The van der Waals surface area contributed by atoms with Crippen LogP contribution in [0.3, 0.4) is 0 Å². The fourth-order valence-corrected chi connectivity index (χ4v) is 2.57. The van der Waals surface area contributed by atoms with Crippen LogP contribution in [0, 0.1) is 12.7 Å². The van der Waals surface area contributed by atoms with Gasteiger partial charge in [-0.15, -0.1) is 0 Å². The highest BCUT2D eigenvalue weighted by atomic mass is 19.1. The molecular weight excluding hydrogens is 229 g/mol. The molecule has 1 N–H and O–H groups in total. The van der Waals surface area contributed by atoms with Crippen molar-refractivity contribution in [1.29, 1.82) is 0 Å². The van der Waals surface area contributed by atoms with Gasteiger partial charge >= 0.3 is 0 Å². The Morgan fingerprint density at radius 2 is 2.28 bits per heavy atom. The highest BCUT2D eigenvalue weighted by Crippen LogP contribution is 2.34. The first-order valence-electron chi connectivity index (χ1n) is 6.19. The number of hydrogen-bond donors (Lipinski definition) is 1. The lowest BCUT2D eigenvalue weighted by molar-refractivity contribution is 0.612. The van der Waals surface area contributed by atoms with Gasteiger partial charge in [0.05, 0.1) is 6.04 Å². The van der Waals surface area contributed by atoms with E-state index in [1.807, 2.05) is 30.8 Å². The highest BCUT2D eigenvalue weighted by Gasteiger charge is 2.25. The molecule has 0 fully saturated rings. The van der Waals surface area contributed by atoms with Gasteiger partial charge in [0.2, 0.25) is 0 Å². The maximum Gasteiger partial charge on any atom is 0.148 e. The number of aryl methyl sites for hydroxylation is 2. The van der Waals surface area contributed by atoms with Crippen molar-refractivity contribution in [3.8, 4) is 0 Å². The number of fused-ring (bicyclic) bond motifs is 1. The Bertz CT molecular complexity index is 569. The quantitative estimate of drug-likeness (QED) is 0.881. The molecule has 0 spiro atoms. The zero-order valence-electron chi connectivity index (χ0n) is 10.6.